The zero-order valence-corrected chi connectivity index (χ0v) is 18.0. The van der Waals surface area contributed by atoms with E-state index < -0.39 is 10.0 Å². The van der Waals surface area contributed by atoms with Crippen molar-refractivity contribution < 1.29 is 17.9 Å². The summed E-state index contributed by atoms with van der Waals surface area (Å²) in [4.78, 5) is 14.0. The molecule has 0 unspecified atom stereocenters. The van der Waals surface area contributed by atoms with Crippen molar-refractivity contribution in [3.05, 3.63) is 59.7 Å². The van der Waals surface area contributed by atoms with Crippen LogP contribution in [0.1, 0.15) is 36.7 Å². The van der Waals surface area contributed by atoms with Crippen molar-refractivity contribution in [2.24, 2.45) is 0 Å². The van der Waals surface area contributed by atoms with Gasteiger partial charge in [-0.1, -0.05) is 30.3 Å². The number of carbonyl (C=O) groups is 1. The summed E-state index contributed by atoms with van der Waals surface area (Å²) in [6.45, 7) is 8.27. The number of rotatable bonds is 7. The second kappa shape index (κ2) is 9.07. The molecule has 1 fully saturated rings. The van der Waals surface area contributed by atoms with E-state index in [2.05, 4.69) is 4.90 Å². The van der Waals surface area contributed by atoms with Crippen LogP contribution in [0.15, 0.2) is 53.4 Å². The van der Waals surface area contributed by atoms with Crippen molar-refractivity contribution in [2.45, 2.75) is 38.3 Å². The summed E-state index contributed by atoms with van der Waals surface area (Å²) < 4.78 is 33.3. The van der Waals surface area contributed by atoms with E-state index in [1.165, 1.54) is 17.3 Å². The molecule has 1 saturated heterocycles. The summed E-state index contributed by atoms with van der Waals surface area (Å²) in [5.41, 5.74) is 1.51. The Labute approximate surface area is 173 Å². The van der Waals surface area contributed by atoms with Gasteiger partial charge in [-0.2, -0.15) is 4.31 Å². The number of ketones is 1. The van der Waals surface area contributed by atoms with E-state index in [0.717, 1.165) is 17.9 Å². The van der Waals surface area contributed by atoms with E-state index in [4.69, 9.17) is 4.74 Å². The number of sulfonamides is 1. The first-order valence-corrected chi connectivity index (χ1v) is 11.3. The van der Waals surface area contributed by atoms with Crippen LogP contribution in [-0.4, -0.2) is 55.7 Å². The summed E-state index contributed by atoms with van der Waals surface area (Å²) in [6.07, 6.45) is 0.101. The molecule has 156 valence electrons. The Morgan fingerprint density at radius 2 is 1.72 bits per heavy atom. The van der Waals surface area contributed by atoms with Crippen LogP contribution in [0.4, 0.5) is 0 Å². The Hall–Kier alpha value is -2.22. The molecule has 0 bridgehead atoms. The maximum Gasteiger partial charge on any atom is 0.243 e. The van der Waals surface area contributed by atoms with Gasteiger partial charge in [-0.3, -0.25) is 9.69 Å². The highest BCUT2D eigenvalue weighted by atomic mass is 32.2. The van der Waals surface area contributed by atoms with Gasteiger partial charge in [0.15, 0.2) is 5.78 Å². The standard InChI is InChI=1S/C22H28N2O4S/c1-17(2)28-22-10-5-4-7-20(22)16-23-11-13-24(14-12-23)29(26,27)21-9-6-8-19(15-21)18(3)25/h4-10,15,17H,11-14,16H2,1-3H3. The maximum atomic E-state index is 13.0. The lowest BCUT2D eigenvalue weighted by molar-refractivity contribution is 0.101. The number of ether oxygens (including phenoxy) is 1. The Kier molecular flexibility index (Phi) is 6.72. The smallest absolute Gasteiger partial charge is 0.243 e. The quantitative estimate of drug-likeness (QED) is 0.649. The normalized spacial score (nSPS) is 16.1. The maximum absolute atomic E-state index is 13.0. The van der Waals surface area contributed by atoms with Crippen LogP contribution in [0.5, 0.6) is 5.75 Å². The zero-order chi connectivity index (χ0) is 21.0. The van der Waals surface area contributed by atoms with E-state index in [9.17, 15) is 13.2 Å². The molecule has 29 heavy (non-hydrogen) atoms. The number of benzene rings is 2. The molecule has 1 aliphatic rings. The van der Waals surface area contributed by atoms with Crippen LogP contribution in [0.25, 0.3) is 0 Å². The fraction of sp³-hybridized carbons (Fsp3) is 0.409. The lowest BCUT2D eigenvalue weighted by Crippen LogP contribution is -2.48. The topological polar surface area (TPSA) is 66.9 Å². The molecule has 0 aliphatic carbocycles. The summed E-state index contributed by atoms with van der Waals surface area (Å²) in [5, 5.41) is 0. The molecule has 0 amide bonds. The molecule has 2 aromatic rings. The van der Waals surface area contributed by atoms with Gasteiger partial charge in [0.25, 0.3) is 0 Å². The number of hydrogen-bond donors (Lipinski definition) is 0. The van der Waals surface area contributed by atoms with Crippen LogP contribution in [-0.2, 0) is 16.6 Å². The van der Waals surface area contributed by atoms with Gasteiger partial charge < -0.3 is 4.74 Å². The molecule has 3 rings (SSSR count). The molecule has 0 saturated carbocycles. The number of para-hydroxylation sites is 1. The molecule has 7 heteroatoms. The molecule has 0 spiro atoms. The van der Waals surface area contributed by atoms with Crippen molar-refractivity contribution >= 4 is 15.8 Å². The minimum absolute atomic E-state index is 0.101. The first-order valence-electron chi connectivity index (χ1n) is 9.85. The van der Waals surface area contributed by atoms with Crippen LogP contribution in [0, 0.1) is 0 Å². The fourth-order valence-corrected chi connectivity index (χ4v) is 4.87. The molecule has 6 nitrogen and oxygen atoms in total. The molecular formula is C22H28N2O4S. The van der Waals surface area contributed by atoms with Crippen molar-refractivity contribution in [1.82, 2.24) is 9.21 Å². The van der Waals surface area contributed by atoms with Crippen LogP contribution in [0.2, 0.25) is 0 Å². The molecule has 0 radical (unpaired) electrons. The van der Waals surface area contributed by atoms with Crippen molar-refractivity contribution in [1.29, 1.82) is 0 Å². The molecular weight excluding hydrogens is 388 g/mol. The third-order valence-corrected chi connectivity index (χ3v) is 6.83. The van der Waals surface area contributed by atoms with Gasteiger partial charge in [0.2, 0.25) is 10.0 Å². The Morgan fingerprint density at radius 1 is 1.03 bits per heavy atom. The number of nitrogens with zero attached hydrogens (tertiary/aromatic N) is 2. The summed E-state index contributed by atoms with van der Waals surface area (Å²) in [7, 11) is -3.61. The predicted octanol–water partition coefficient (Wildman–Crippen LogP) is 3.18. The highest BCUT2D eigenvalue weighted by Crippen LogP contribution is 2.23. The molecule has 1 heterocycles. The van der Waals surface area contributed by atoms with Gasteiger partial charge in [0.05, 0.1) is 11.0 Å². The lowest BCUT2D eigenvalue weighted by Gasteiger charge is -2.34. The fourth-order valence-electron chi connectivity index (χ4n) is 3.40. The van der Waals surface area contributed by atoms with E-state index >= 15 is 0 Å². The largest absolute Gasteiger partial charge is 0.491 e. The van der Waals surface area contributed by atoms with Crippen LogP contribution < -0.4 is 4.74 Å². The monoisotopic (exact) mass is 416 g/mol. The van der Waals surface area contributed by atoms with E-state index in [-0.39, 0.29) is 16.8 Å². The van der Waals surface area contributed by atoms with Crippen LogP contribution in [0.3, 0.4) is 0 Å². The Morgan fingerprint density at radius 3 is 2.38 bits per heavy atom. The van der Waals surface area contributed by atoms with Gasteiger partial charge in [0, 0.05) is 43.9 Å². The SMILES string of the molecule is CC(=O)c1cccc(S(=O)(=O)N2CCN(Cc3ccccc3OC(C)C)CC2)c1. The minimum Gasteiger partial charge on any atom is -0.491 e. The van der Waals surface area contributed by atoms with Gasteiger partial charge in [-0.15, -0.1) is 0 Å². The van der Waals surface area contributed by atoms with Crippen LogP contribution >= 0.6 is 0 Å². The molecule has 0 N–H and O–H groups in total. The van der Waals surface area contributed by atoms with E-state index in [1.54, 1.807) is 18.2 Å². The predicted molar refractivity (Wildman–Crippen MR) is 113 cm³/mol. The second-order valence-electron chi connectivity index (χ2n) is 7.54. The zero-order valence-electron chi connectivity index (χ0n) is 17.2. The van der Waals surface area contributed by atoms with Gasteiger partial charge in [0.1, 0.15) is 5.75 Å². The molecule has 0 aromatic heterocycles. The number of piperazine rings is 1. The van der Waals surface area contributed by atoms with Gasteiger partial charge >= 0.3 is 0 Å². The Bertz CT molecular complexity index is 964. The second-order valence-corrected chi connectivity index (χ2v) is 9.48. The van der Waals surface area contributed by atoms with Crippen molar-refractivity contribution in [3.8, 4) is 5.75 Å². The summed E-state index contributed by atoms with van der Waals surface area (Å²) >= 11 is 0. The van der Waals surface area contributed by atoms with Gasteiger partial charge in [-0.05, 0) is 39.0 Å². The molecule has 0 atom stereocenters. The van der Waals surface area contributed by atoms with Crippen molar-refractivity contribution in [2.75, 3.05) is 26.2 Å². The third kappa shape index (κ3) is 5.23. The highest BCUT2D eigenvalue weighted by Gasteiger charge is 2.29. The number of Topliss-reactive ketones (excluding diaryl/α,β-unsaturated/α-hetero) is 1. The lowest BCUT2D eigenvalue weighted by atomic mass is 10.1. The van der Waals surface area contributed by atoms with Crippen molar-refractivity contribution in [3.63, 3.8) is 0 Å². The third-order valence-electron chi connectivity index (χ3n) is 4.94. The average molecular weight is 417 g/mol. The summed E-state index contributed by atoms with van der Waals surface area (Å²) in [5.74, 6) is 0.729. The van der Waals surface area contributed by atoms with E-state index in [0.29, 0.717) is 31.7 Å². The average Bonchev–Trinajstić information content (AvgIpc) is 2.69. The summed E-state index contributed by atoms with van der Waals surface area (Å²) in [6, 6.07) is 14.2. The van der Waals surface area contributed by atoms with Gasteiger partial charge in [-0.25, -0.2) is 8.42 Å². The number of hydrogen-bond acceptors (Lipinski definition) is 5. The minimum atomic E-state index is -3.61. The highest BCUT2D eigenvalue weighted by molar-refractivity contribution is 7.89. The molecule has 1 aliphatic heterocycles. The Balaban J connectivity index is 1.66. The first-order chi connectivity index (χ1) is 13.8. The first kappa shape index (κ1) is 21.5. The molecule has 2 aromatic carbocycles. The van der Waals surface area contributed by atoms with E-state index in [1.807, 2.05) is 38.1 Å². The number of carbonyl (C=O) groups excluding carboxylic acids is 1.